The second-order valence-corrected chi connectivity index (χ2v) is 3.94. The lowest BCUT2D eigenvalue weighted by molar-refractivity contribution is 0.0653. The molecule has 0 aromatic carbocycles. The molecule has 1 rings (SSSR count). The van der Waals surface area contributed by atoms with Crippen LogP contribution in [0.5, 0.6) is 0 Å². The summed E-state index contributed by atoms with van der Waals surface area (Å²) in [6, 6.07) is 0. The second kappa shape index (κ2) is 6.50. The zero-order valence-electron chi connectivity index (χ0n) is 9.34. The molecule has 1 aliphatic rings. The maximum absolute atomic E-state index is 11.5. The van der Waals surface area contributed by atoms with Gasteiger partial charge in [-0.05, 0) is 12.8 Å². The summed E-state index contributed by atoms with van der Waals surface area (Å²) in [4.78, 5) is 13.1. The van der Waals surface area contributed by atoms with Gasteiger partial charge in [-0.15, -0.1) is 0 Å². The van der Waals surface area contributed by atoms with E-state index in [1.54, 1.807) is 4.90 Å². The Morgan fingerprint density at radius 3 is 2.81 bits per heavy atom. The third-order valence-electron chi connectivity index (χ3n) is 2.83. The average molecular weight is 229 g/mol. The van der Waals surface area contributed by atoms with Crippen LogP contribution in [0.15, 0.2) is 12.7 Å². The van der Waals surface area contributed by atoms with Crippen LogP contribution < -0.4 is 0 Å². The van der Waals surface area contributed by atoms with Crippen molar-refractivity contribution in [1.29, 1.82) is 0 Å². The molecule has 2 N–H and O–H groups in total. The summed E-state index contributed by atoms with van der Waals surface area (Å²) >= 11 is 0. The van der Waals surface area contributed by atoms with Gasteiger partial charge < -0.3 is 19.8 Å². The molecule has 0 bridgehead atoms. The van der Waals surface area contributed by atoms with Gasteiger partial charge >= 0.3 is 6.09 Å². The molecule has 0 aliphatic carbocycles. The summed E-state index contributed by atoms with van der Waals surface area (Å²) in [6.07, 6.45) is 1.67. The van der Waals surface area contributed by atoms with Crippen molar-refractivity contribution in [1.82, 2.24) is 4.90 Å². The number of aliphatic hydroxyl groups excluding tert-OH is 2. The Labute approximate surface area is 95.3 Å². The fourth-order valence-electron chi connectivity index (χ4n) is 1.77. The lowest BCUT2D eigenvalue weighted by Gasteiger charge is -2.19. The van der Waals surface area contributed by atoms with Crippen LogP contribution in [0.3, 0.4) is 0 Å². The lowest BCUT2D eigenvalue weighted by atomic mass is 9.99. The topological polar surface area (TPSA) is 70.0 Å². The summed E-state index contributed by atoms with van der Waals surface area (Å²) in [5.74, 6) is -0.141. The van der Waals surface area contributed by atoms with Crippen LogP contribution in [0.4, 0.5) is 4.79 Å². The Morgan fingerprint density at radius 2 is 2.19 bits per heavy atom. The van der Waals surface area contributed by atoms with E-state index >= 15 is 0 Å². The first-order valence-electron chi connectivity index (χ1n) is 5.50. The predicted molar refractivity (Wildman–Crippen MR) is 58.9 cm³/mol. The Kier molecular flexibility index (Phi) is 5.28. The van der Waals surface area contributed by atoms with Gasteiger partial charge in [-0.25, -0.2) is 4.79 Å². The third kappa shape index (κ3) is 3.50. The Balaban J connectivity index is 2.45. The molecule has 1 fully saturated rings. The van der Waals surface area contributed by atoms with Gasteiger partial charge in [0.1, 0.15) is 6.61 Å². The maximum Gasteiger partial charge on any atom is 0.410 e. The van der Waals surface area contributed by atoms with E-state index in [-0.39, 0.29) is 25.2 Å². The smallest absolute Gasteiger partial charge is 0.410 e. The summed E-state index contributed by atoms with van der Waals surface area (Å²) in [6.45, 7) is 4.59. The molecule has 1 saturated heterocycles. The number of hydrogen-bond donors (Lipinski definition) is 2. The summed E-state index contributed by atoms with van der Waals surface area (Å²) < 4.78 is 4.92. The van der Waals surface area contributed by atoms with Gasteiger partial charge in [0.15, 0.2) is 0 Å². The van der Waals surface area contributed by atoms with Crippen molar-refractivity contribution in [2.75, 3.05) is 26.3 Å². The average Bonchev–Trinajstić information content (AvgIpc) is 2.48. The lowest BCUT2D eigenvalue weighted by Crippen LogP contribution is -2.32. The molecule has 2 atom stereocenters. The molecule has 2 unspecified atom stereocenters. The SMILES string of the molecule is C=CCOC(=O)N1CCC(O)C(CO)CC1. The highest BCUT2D eigenvalue weighted by molar-refractivity contribution is 5.67. The number of ether oxygens (including phenoxy) is 1. The van der Waals surface area contributed by atoms with Crippen molar-refractivity contribution < 1.29 is 19.7 Å². The van der Waals surface area contributed by atoms with E-state index in [9.17, 15) is 9.90 Å². The number of likely N-dealkylation sites (tertiary alicyclic amines) is 1. The molecule has 92 valence electrons. The second-order valence-electron chi connectivity index (χ2n) is 3.94. The largest absolute Gasteiger partial charge is 0.445 e. The standard InChI is InChI=1S/C11H19NO4/c1-2-7-16-11(15)12-5-3-9(8-13)10(14)4-6-12/h2,9-10,13-14H,1,3-8H2. The monoisotopic (exact) mass is 229 g/mol. The Hall–Kier alpha value is -1.07. The van der Waals surface area contributed by atoms with Gasteiger partial charge in [0.05, 0.1) is 6.10 Å². The van der Waals surface area contributed by atoms with Gasteiger partial charge in [0.25, 0.3) is 0 Å². The number of aliphatic hydroxyl groups is 2. The predicted octanol–water partition coefficient (Wildman–Crippen LogP) is 0.374. The first-order valence-corrected chi connectivity index (χ1v) is 5.50. The van der Waals surface area contributed by atoms with E-state index < -0.39 is 6.10 Å². The zero-order valence-corrected chi connectivity index (χ0v) is 9.34. The van der Waals surface area contributed by atoms with Crippen LogP contribution in [-0.2, 0) is 4.74 Å². The van der Waals surface area contributed by atoms with E-state index in [1.807, 2.05) is 0 Å². The molecule has 0 radical (unpaired) electrons. The first-order chi connectivity index (χ1) is 7.69. The summed E-state index contributed by atoms with van der Waals surface area (Å²) in [5, 5.41) is 18.7. The zero-order chi connectivity index (χ0) is 12.0. The fourth-order valence-corrected chi connectivity index (χ4v) is 1.77. The maximum atomic E-state index is 11.5. The Bertz CT molecular complexity index is 244. The molecule has 5 heteroatoms. The minimum Gasteiger partial charge on any atom is -0.445 e. The molecule has 0 aromatic rings. The highest BCUT2D eigenvalue weighted by Gasteiger charge is 2.26. The summed E-state index contributed by atoms with van der Waals surface area (Å²) in [5.41, 5.74) is 0. The minimum atomic E-state index is -0.540. The number of rotatable bonds is 3. The number of carbonyl (C=O) groups is 1. The van der Waals surface area contributed by atoms with Gasteiger partial charge in [-0.1, -0.05) is 12.7 Å². The minimum absolute atomic E-state index is 0.0449. The molecule has 1 aliphatic heterocycles. The van der Waals surface area contributed by atoms with E-state index in [2.05, 4.69) is 6.58 Å². The van der Waals surface area contributed by atoms with Crippen LogP contribution in [0.1, 0.15) is 12.8 Å². The van der Waals surface area contributed by atoms with E-state index in [4.69, 9.17) is 9.84 Å². The molecular formula is C11H19NO4. The van der Waals surface area contributed by atoms with Gasteiger partial charge in [-0.3, -0.25) is 0 Å². The van der Waals surface area contributed by atoms with Gasteiger partial charge in [0.2, 0.25) is 0 Å². The number of amides is 1. The first kappa shape index (κ1) is 13.0. The van der Waals surface area contributed by atoms with Crippen molar-refractivity contribution in [2.45, 2.75) is 18.9 Å². The van der Waals surface area contributed by atoms with E-state index in [0.29, 0.717) is 25.9 Å². The molecule has 16 heavy (non-hydrogen) atoms. The third-order valence-corrected chi connectivity index (χ3v) is 2.83. The molecule has 1 amide bonds. The van der Waals surface area contributed by atoms with Gasteiger partial charge in [-0.2, -0.15) is 0 Å². The highest BCUT2D eigenvalue weighted by atomic mass is 16.6. The van der Waals surface area contributed by atoms with Crippen LogP contribution in [0, 0.1) is 5.92 Å². The van der Waals surface area contributed by atoms with Crippen molar-refractivity contribution in [3.63, 3.8) is 0 Å². The quantitative estimate of drug-likeness (QED) is 0.686. The van der Waals surface area contributed by atoms with Crippen molar-refractivity contribution in [3.8, 4) is 0 Å². The van der Waals surface area contributed by atoms with Crippen molar-refractivity contribution >= 4 is 6.09 Å². The molecule has 0 aromatic heterocycles. The number of nitrogens with zero attached hydrogens (tertiary/aromatic N) is 1. The van der Waals surface area contributed by atoms with Crippen LogP contribution in [-0.4, -0.2) is 53.6 Å². The van der Waals surface area contributed by atoms with Crippen LogP contribution >= 0.6 is 0 Å². The number of carbonyl (C=O) groups excluding carboxylic acids is 1. The normalized spacial score (nSPS) is 26.0. The van der Waals surface area contributed by atoms with E-state index in [0.717, 1.165) is 0 Å². The summed E-state index contributed by atoms with van der Waals surface area (Å²) in [7, 11) is 0. The molecular weight excluding hydrogens is 210 g/mol. The van der Waals surface area contributed by atoms with Crippen LogP contribution in [0.25, 0.3) is 0 Å². The number of hydrogen-bond acceptors (Lipinski definition) is 4. The van der Waals surface area contributed by atoms with Gasteiger partial charge in [0, 0.05) is 25.6 Å². The molecule has 0 spiro atoms. The van der Waals surface area contributed by atoms with Crippen LogP contribution in [0.2, 0.25) is 0 Å². The molecule has 1 heterocycles. The van der Waals surface area contributed by atoms with E-state index in [1.165, 1.54) is 6.08 Å². The van der Waals surface area contributed by atoms with Crippen molar-refractivity contribution in [3.05, 3.63) is 12.7 Å². The molecule has 0 saturated carbocycles. The fraction of sp³-hybridized carbons (Fsp3) is 0.727. The Morgan fingerprint density at radius 1 is 1.50 bits per heavy atom. The van der Waals surface area contributed by atoms with Crippen molar-refractivity contribution in [2.24, 2.45) is 5.92 Å². The molecule has 5 nitrogen and oxygen atoms in total. The highest BCUT2D eigenvalue weighted by Crippen LogP contribution is 2.18.